The molecular formula is C47H30N4O. The highest BCUT2D eigenvalue weighted by atomic mass is 16.3. The number of allylic oxidation sites excluding steroid dienone is 4. The van der Waals surface area contributed by atoms with Gasteiger partial charge in [0.2, 0.25) is 0 Å². The number of hydrogen-bond donors (Lipinski definition) is 0. The Morgan fingerprint density at radius 1 is 0.462 bits per heavy atom. The predicted octanol–water partition coefficient (Wildman–Crippen LogP) is 12.2. The molecule has 5 nitrogen and oxygen atoms in total. The smallest absolute Gasteiger partial charge is 0.164 e. The summed E-state index contributed by atoms with van der Waals surface area (Å²) in [7, 11) is 0. The number of nitrogens with zero attached hydrogens (tertiary/aromatic N) is 4. The topological polar surface area (TPSA) is 56.7 Å². The van der Waals surface area contributed by atoms with Crippen LogP contribution in [0.1, 0.15) is 18.7 Å². The first-order chi connectivity index (χ1) is 25.8. The van der Waals surface area contributed by atoms with Crippen LogP contribution in [0.3, 0.4) is 0 Å². The summed E-state index contributed by atoms with van der Waals surface area (Å²) in [5.74, 6) is 1.99. The van der Waals surface area contributed by atoms with Crippen molar-refractivity contribution in [3.8, 4) is 22.8 Å². The van der Waals surface area contributed by atoms with E-state index in [1.807, 2.05) is 48.5 Å². The second kappa shape index (κ2) is 11.3. The van der Waals surface area contributed by atoms with Crippen LogP contribution in [0.5, 0.6) is 0 Å². The Bertz CT molecular complexity index is 3130. The molecule has 0 unspecified atom stereocenters. The molecule has 0 amide bonds. The number of para-hydroxylation sites is 1. The van der Waals surface area contributed by atoms with Crippen molar-refractivity contribution in [3.05, 3.63) is 164 Å². The van der Waals surface area contributed by atoms with Crippen molar-refractivity contribution in [2.24, 2.45) is 0 Å². The molecule has 1 aliphatic rings. The summed E-state index contributed by atoms with van der Waals surface area (Å²) in [5, 5.41) is 9.65. The van der Waals surface area contributed by atoms with Crippen LogP contribution in [-0.4, -0.2) is 19.5 Å². The second-order valence-corrected chi connectivity index (χ2v) is 13.5. The molecule has 5 heteroatoms. The van der Waals surface area contributed by atoms with Crippen LogP contribution in [-0.2, 0) is 0 Å². The molecule has 0 bridgehead atoms. The molecule has 0 aliphatic heterocycles. The van der Waals surface area contributed by atoms with Gasteiger partial charge in [-0.25, -0.2) is 15.0 Å². The Labute approximate surface area is 298 Å². The molecule has 1 aliphatic carbocycles. The normalized spacial score (nSPS) is 13.5. The van der Waals surface area contributed by atoms with Crippen molar-refractivity contribution in [1.29, 1.82) is 0 Å². The number of aromatic nitrogens is 4. The molecule has 3 heterocycles. The third-order valence-electron chi connectivity index (χ3n) is 10.5. The van der Waals surface area contributed by atoms with E-state index < -0.39 is 0 Å². The second-order valence-electron chi connectivity index (χ2n) is 13.5. The summed E-state index contributed by atoms with van der Waals surface area (Å²) in [6, 6.07) is 51.0. The van der Waals surface area contributed by atoms with Gasteiger partial charge in [0.25, 0.3) is 0 Å². The lowest BCUT2D eigenvalue weighted by Crippen LogP contribution is -2.06. The zero-order valence-corrected chi connectivity index (χ0v) is 28.1. The number of fused-ring (bicyclic) bond motifs is 9. The minimum atomic E-state index is 0.637. The van der Waals surface area contributed by atoms with E-state index in [9.17, 15) is 0 Å². The number of hydrogen-bond acceptors (Lipinski definition) is 4. The van der Waals surface area contributed by atoms with Crippen LogP contribution in [0.15, 0.2) is 162 Å². The van der Waals surface area contributed by atoms with Gasteiger partial charge in [0.15, 0.2) is 17.5 Å². The standard InChI is InChI=1S/C47H30N4O/c1-2-12-30(13-3-1)45-48-46(50-47(49-45)37-18-10-20-42-44(37)36-17-8-9-19-41(36)52-42)31-21-24-34(25-22-31)51-39-26-23-29-11-6-7-16-35(29)43(39)38-27-32-14-4-5-15-33(32)28-40(38)51/h1-21,23-24,26-28H,22,25H2. The van der Waals surface area contributed by atoms with Gasteiger partial charge < -0.3 is 8.98 Å². The van der Waals surface area contributed by atoms with Crippen molar-refractivity contribution in [2.75, 3.05) is 0 Å². The molecule has 0 saturated carbocycles. The lowest BCUT2D eigenvalue weighted by molar-refractivity contribution is 0.669. The van der Waals surface area contributed by atoms with Crippen LogP contribution in [0.4, 0.5) is 0 Å². The van der Waals surface area contributed by atoms with Gasteiger partial charge in [-0.05, 0) is 76.4 Å². The van der Waals surface area contributed by atoms with E-state index >= 15 is 0 Å². The van der Waals surface area contributed by atoms with E-state index in [-0.39, 0.29) is 0 Å². The molecule has 0 atom stereocenters. The third-order valence-corrected chi connectivity index (χ3v) is 10.5. The maximum absolute atomic E-state index is 6.24. The molecule has 10 aromatic rings. The predicted molar refractivity (Wildman–Crippen MR) is 214 cm³/mol. The lowest BCUT2D eigenvalue weighted by atomic mass is 10.0. The first-order valence-corrected chi connectivity index (χ1v) is 17.7. The molecule has 11 rings (SSSR count). The highest BCUT2D eigenvalue weighted by molar-refractivity contribution is 6.23. The molecule has 0 fully saturated rings. The van der Waals surface area contributed by atoms with Gasteiger partial charge >= 0.3 is 0 Å². The van der Waals surface area contributed by atoms with E-state index in [0.29, 0.717) is 17.5 Å². The molecule has 3 aromatic heterocycles. The minimum Gasteiger partial charge on any atom is -0.456 e. The fourth-order valence-corrected chi connectivity index (χ4v) is 8.10. The van der Waals surface area contributed by atoms with Crippen molar-refractivity contribution in [1.82, 2.24) is 19.5 Å². The van der Waals surface area contributed by atoms with Gasteiger partial charge in [0.1, 0.15) is 11.2 Å². The lowest BCUT2D eigenvalue weighted by Gasteiger charge is -2.18. The van der Waals surface area contributed by atoms with Gasteiger partial charge in [-0.2, -0.15) is 0 Å². The zero-order valence-electron chi connectivity index (χ0n) is 28.1. The van der Waals surface area contributed by atoms with Crippen LogP contribution in [0, 0.1) is 0 Å². The molecule has 7 aromatic carbocycles. The molecule has 244 valence electrons. The number of rotatable bonds is 4. The van der Waals surface area contributed by atoms with Crippen LogP contribution < -0.4 is 0 Å². The fourth-order valence-electron chi connectivity index (χ4n) is 8.10. The summed E-state index contributed by atoms with van der Waals surface area (Å²) < 4.78 is 8.71. The van der Waals surface area contributed by atoms with Crippen molar-refractivity contribution in [3.63, 3.8) is 0 Å². The van der Waals surface area contributed by atoms with Crippen molar-refractivity contribution >= 4 is 76.6 Å². The minimum absolute atomic E-state index is 0.637. The highest BCUT2D eigenvalue weighted by Crippen LogP contribution is 2.41. The Balaban J connectivity index is 1.10. The summed E-state index contributed by atoms with van der Waals surface area (Å²) in [5.41, 5.74) is 8.34. The largest absolute Gasteiger partial charge is 0.456 e. The molecule has 0 spiro atoms. The molecule has 52 heavy (non-hydrogen) atoms. The fraction of sp³-hybridized carbons (Fsp3) is 0.0426. The Kier molecular flexibility index (Phi) is 6.31. The number of benzene rings is 7. The van der Waals surface area contributed by atoms with Crippen LogP contribution in [0.25, 0.3) is 99.3 Å². The highest BCUT2D eigenvalue weighted by Gasteiger charge is 2.22. The van der Waals surface area contributed by atoms with E-state index in [0.717, 1.165) is 51.5 Å². The van der Waals surface area contributed by atoms with Crippen LogP contribution in [0.2, 0.25) is 0 Å². The summed E-state index contributed by atoms with van der Waals surface area (Å²) in [4.78, 5) is 15.3. The Hall–Kier alpha value is -6.85. The van der Waals surface area contributed by atoms with E-state index in [1.165, 1.54) is 49.0 Å². The molecular weight excluding hydrogens is 637 g/mol. The maximum Gasteiger partial charge on any atom is 0.164 e. The quantitative estimate of drug-likeness (QED) is 0.188. The van der Waals surface area contributed by atoms with Crippen molar-refractivity contribution < 1.29 is 4.42 Å². The molecule has 0 N–H and O–H groups in total. The van der Waals surface area contributed by atoms with Gasteiger partial charge in [-0.3, -0.25) is 0 Å². The van der Waals surface area contributed by atoms with Gasteiger partial charge in [-0.1, -0.05) is 121 Å². The van der Waals surface area contributed by atoms with Crippen molar-refractivity contribution in [2.45, 2.75) is 12.8 Å². The van der Waals surface area contributed by atoms with Gasteiger partial charge in [0, 0.05) is 38.4 Å². The van der Waals surface area contributed by atoms with E-state index in [1.54, 1.807) is 0 Å². The first-order valence-electron chi connectivity index (χ1n) is 17.7. The number of furan rings is 1. The average molecular weight is 667 g/mol. The van der Waals surface area contributed by atoms with E-state index in [4.69, 9.17) is 19.4 Å². The van der Waals surface area contributed by atoms with Crippen LogP contribution >= 0.6 is 0 Å². The zero-order chi connectivity index (χ0) is 34.2. The molecule has 0 saturated heterocycles. The maximum atomic E-state index is 6.24. The molecule has 0 radical (unpaired) electrons. The summed E-state index contributed by atoms with van der Waals surface area (Å²) in [6.07, 6.45) is 6.11. The van der Waals surface area contributed by atoms with Gasteiger partial charge in [0.05, 0.1) is 11.0 Å². The first kappa shape index (κ1) is 28.9. The summed E-state index contributed by atoms with van der Waals surface area (Å²) >= 11 is 0. The van der Waals surface area contributed by atoms with E-state index in [2.05, 4.69) is 114 Å². The SMILES string of the molecule is C1=C(c2nc(-c3ccccc3)nc(-c3cccc4oc5ccccc5c34)n2)CCC(n2c3cc4ccccc4cc3c3c4ccccc4ccc32)=C1. The third kappa shape index (κ3) is 4.46. The summed E-state index contributed by atoms with van der Waals surface area (Å²) in [6.45, 7) is 0. The Morgan fingerprint density at radius 2 is 1.17 bits per heavy atom. The average Bonchev–Trinajstić information content (AvgIpc) is 3.76. The Morgan fingerprint density at radius 3 is 2.02 bits per heavy atom. The monoisotopic (exact) mass is 666 g/mol. The van der Waals surface area contributed by atoms with Gasteiger partial charge in [-0.15, -0.1) is 0 Å².